The van der Waals surface area contributed by atoms with Crippen LogP contribution < -0.4 is 5.32 Å². The summed E-state index contributed by atoms with van der Waals surface area (Å²) in [7, 11) is 0. The van der Waals surface area contributed by atoms with Crippen LogP contribution >= 0.6 is 0 Å². The number of aliphatic hydroxyl groups is 1. The van der Waals surface area contributed by atoms with E-state index in [0.29, 0.717) is 0 Å². The Kier molecular flexibility index (Phi) is 3.82. The Morgan fingerprint density at radius 3 is 2.76 bits per heavy atom. The fraction of sp³-hybridized carbons (Fsp3) is 0.429. The van der Waals surface area contributed by atoms with Crippen molar-refractivity contribution in [3.63, 3.8) is 0 Å². The topological polar surface area (TPSA) is 45.4 Å². The molecule has 17 heavy (non-hydrogen) atoms. The molecule has 0 aliphatic rings. The third kappa shape index (κ3) is 2.68. The molecule has 1 heterocycles. The van der Waals surface area contributed by atoms with Gasteiger partial charge in [-0.3, -0.25) is 0 Å². The summed E-state index contributed by atoms with van der Waals surface area (Å²) in [5.41, 5.74) is 0.910. The third-order valence-electron chi connectivity index (χ3n) is 3.07. The third-order valence-corrected chi connectivity index (χ3v) is 3.07. The Balaban J connectivity index is 2.15. The Morgan fingerprint density at radius 1 is 1.35 bits per heavy atom. The van der Waals surface area contributed by atoms with Crippen LogP contribution in [-0.4, -0.2) is 17.8 Å². The maximum atomic E-state index is 9.17. The predicted molar refractivity (Wildman–Crippen MR) is 68.9 cm³/mol. The lowest BCUT2D eigenvalue weighted by Gasteiger charge is -2.18. The molecule has 0 spiro atoms. The SMILES string of the molecule is CC[C@H](CO)NC(C)c1cc2ccccc2o1. The predicted octanol–water partition coefficient (Wildman–Crippen LogP) is 2.85. The molecule has 1 aromatic heterocycles. The second kappa shape index (κ2) is 5.34. The van der Waals surface area contributed by atoms with Gasteiger partial charge in [0.2, 0.25) is 0 Å². The highest BCUT2D eigenvalue weighted by Crippen LogP contribution is 2.23. The summed E-state index contributed by atoms with van der Waals surface area (Å²) in [5.74, 6) is 0.915. The molecule has 0 amide bonds. The second-order valence-electron chi connectivity index (χ2n) is 4.36. The van der Waals surface area contributed by atoms with Gasteiger partial charge >= 0.3 is 0 Å². The highest BCUT2D eigenvalue weighted by atomic mass is 16.3. The summed E-state index contributed by atoms with van der Waals surface area (Å²) in [6.45, 7) is 4.26. The Labute approximate surface area is 101 Å². The number of aliphatic hydroxyl groups excluding tert-OH is 1. The van der Waals surface area contributed by atoms with Crippen molar-refractivity contribution in [2.75, 3.05) is 6.61 Å². The molecule has 0 bridgehead atoms. The Hall–Kier alpha value is -1.32. The van der Waals surface area contributed by atoms with Gasteiger partial charge in [-0.05, 0) is 25.5 Å². The number of benzene rings is 1. The summed E-state index contributed by atoms with van der Waals surface area (Å²) < 4.78 is 5.78. The lowest BCUT2D eigenvalue weighted by molar-refractivity contribution is 0.226. The molecule has 3 heteroatoms. The van der Waals surface area contributed by atoms with Crippen molar-refractivity contribution in [2.45, 2.75) is 32.4 Å². The van der Waals surface area contributed by atoms with Crippen molar-refractivity contribution in [3.8, 4) is 0 Å². The van der Waals surface area contributed by atoms with Crippen LogP contribution in [-0.2, 0) is 0 Å². The quantitative estimate of drug-likeness (QED) is 0.834. The van der Waals surface area contributed by atoms with Crippen molar-refractivity contribution in [1.29, 1.82) is 0 Å². The highest BCUT2D eigenvalue weighted by Gasteiger charge is 2.14. The zero-order valence-corrected chi connectivity index (χ0v) is 10.3. The van der Waals surface area contributed by atoms with Crippen molar-refractivity contribution in [2.24, 2.45) is 0 Å². The monoisotopic (exact) mass is 233 g/mol. The lowest BCUT2D eigenvalue weighted by Crippen LogP contribution is -2.33. The molecule has 2 atom stereocenters. The van der Waals surface area contributed by atoms with E-state index in [1.165, 1.54) is 0 Å². The van der Waals surface area contributed by atoms with E-state index < -0.39 is 0 Å². The number of nitrogens with one attached hydrogen (secondary N) is 1. The van der Waals surface area contributed by atoms with Crippen molar-refractivity contribution in [1.82, 2.24) is 5.32 Å². The number of rotatable bonds is 5. The molecule has 2 rings (SSSR count). The van der Waals surface area contributed by atoms with Crippen LogP contribution in [0.1, 0.15) is 32.1 Å². The van der Waals surface area contributed by atoms with Gasteiger partial charge in [0.05, 0.1) is 12.6 Å². The molecule has 2 aromatic rings. The van der Waals surface area contributed by atoms with Crippen LogP contribution in [0.25, 0.3) is 11.0 Å². The number of para-hydroxylation sites is 1. The maximum Gasteiger partial charge on any atom is 0.134 e. The smallest absolute Gasteiger partial charge is 0.134 e. The van der Waals surface area contributed by atoms with Crippen LogP contribution in [0, 0.1) is 0 Å². The minimum Gasteiger partial charge on any atom is -0.459 e. The normalized spacial score (nSPS) is 15.0. The molecule has 0 saturated heterocycles. The molecule has 1 unspecified atom stereocenters. The minimum absolute atomic E-state index is 0.111. The van der Waals surface area contributed by atoms with Gasteiger partial charge in [0.25, 0.3) is 0 Å². The van der Waals surface area contributed by atoms with E-state index in [4.69, 9.17) is 9.52 Å². The molecule has 0 fully saturated rings. The number of hydrogen-bond acceptors (Lipinski definition) is 3. The van der Waals surface area contributed by atoms with E-state index in [2.05, 4.69) is 25.2 Å². The van der Waals surface area contributed by atoms with Gasteiger partial charge in [0, 0.05) is 11.4 Å². The summed E-state index contributed by atoms with van der Waals surface area (Å²) in [6, 6.07) is 10.3. The molecule has 0 radical (unpaired) electrons. The van der Waals surface area contributed by atoms with Gasteiger partial charge in [0.15, 0.2) is 0 Å². The molecule has 1 aromatic carbocycles. The number of furan rings is 1. The zero-order valence-electron chi connectivity index (χ0n) is 10.3. The highest BCUT2D eigenvalue weighted by molar-refractivity contribution is 5.77. The zero-order chi connectivity index (χ0) is 12.3. The molecule has 3 nitrogen and oxygen atoms in total. The maximum absolute atomic E-state index is 9.17. The second-order valence-corrected chi connectivity index (χ2v) is 4.36. The summed E-state index contributed by atoms with van der Waals surface area (Å²) in [4.78, 5) is 0. The van der Waals surface area contributed by atoms with E-state index in [1.807, 2.05) is 24.3 Å². The van der Waals surface area contributed by atoms with Crippen molar-refractivity contribution in [3.05, 3.63) is 36.1 Å². The molecule has 2 N–H and O–H groups in total. The number of fused-ring (bicyclic) bond motifs is 1. The standard InChI is InChI=1S/C14H19NO2/c1-3-12(9-16)15-10(2)14-8-11-6-4-5-7-13(11)17-14/h4-8,10,12,15-16H,3,9H2,1-2H3/t10?,12-/m1/s1. The van der Waals surface area contributed by atoms with Gasteiger partial charge in [-0.2, -0.15) is 0 Å². The molecule has 92 valence electrons. The molecule has 0 aliphatic carbocycles. The van der Waals surface area contributed by atoms with Crippen LogP contribution in [0.3, 0.4) is 0 Å². The largest absolute Gasteiger partial charge is 0.459 e. The first-order chi connectivity index (χ1) is 8.24. The molecule has 0 aliphatic heterocycles. The Morgan fingerprint density at radius 2 is 2.12 bits per heavy atom. The van der Waals surface area contributed by atoms with Gasteiger partial charge < -0.3 is 14.8 Å². The molecular weight excluding hydrogens is 214 g/mol. The van der Waals surface area contributed by atoms with Gasteiger partial charge in [0.1, 0.15) is 11.3 Å². The van der Waals surface area contributed by atoms with E-state index >= 15 is 0 Å². The van der Waals surface area contributed by atoms with Gasteiger partial charge in [-0.15, -0.1) is 0 Å². The first kappa shape index (κ1) is 12.1. The average Bonchev–Trinajstić information content (AvgIpc) is 2.79. The van der Waals surface area contributed by atoms with Gasteiger partial charge in [-0.25, -0.2) is 0 Å². The first-order valence-corrected chi connectivity index (χ1v) is 6.10. The average molecular weight is 233 g/mol. The lowest BCUT2D eigenvalue weighted by atomic mass is 10.1. The fourth-order valence-electron chi connectivity index (χ4n) is 1.95. The van der Waals surface area contributed by atoms with Crippen LogP contribution in [0.4, 0.5) is 0 Å². The van der Waals surface area contributed by atoms with Crippen LogP contribution in [0.2, 0.25) is 0 Å². The fourth-order valence-corrected chi connectivity index (χ4v) is 1.95. The first-order valence-electron chi connectivity index (χ1n) is 6.10. The summed E-state index contributed by atoms with van der Waals surface area (Å²) >= 11 is 0. The van der Waals surface area contributed by atoms with Crippen molar-refractivity contribution < 1.29 is 9.52 Å². The summed E-state index contributed by atoms with van der Waals surface area (Å²) in [5, 5.41) is 13.6. The van der Waals surface area contributed by atoms with E-state index in [-0.39, 0.29) is 18.7 Å². The van der Waals surface area contributed by atoms with Crippen LogP contribution in [0.5, 0.6) is 0 Å². The van der Waals surface area contributed by atoms with E-state index in [0.717, 1.165) is 23.2 Å². The molecule has 0 saturated carbocycles. The Bertz CT molecular complexity index is 441. The van der Waals surface area contributed by atoms with E-state index in [9.17, 15) is 0 Å². The number of hydrogen-bond donors (Lipinski definition) is 2. The van der Waals surface area contributed by atoms with E-state index in [1.54, 1.807) is 0 Å². The summed E-state index contributed by atoms with van der Waals surface area (Å²) in [6.07, 6.45) is 0.904. The van der Waals surface area contributed by atoms with Gasteiger partial charge in [-0.1, -0.05) is 25.1 Å². The molecular formula is C14H19NO2. The van der Waals surface area contributed by atoms with Crippen LogP contribution in [0.15, 0.2) is 34.7 Å². The minimum atomic E-state index is 0.111. The van der Waals surface area contributed by atoms with Crippen molar-refractivity contribution >= 4 is 11.0 Å².